The van der Waals surface area contributed by atoms with Crippen molar-refractivity contribution in [3.63, 3.8) is 0 Å². The van der Waals surface area contributed by atoms with Crippen LogP contribution in [0.15, 0.2) is 74.1 Å². The van der Waals surface area contributed by atoms with E-state index in [-0.39, 0.29) is 43.0 Å². The van der Waals surface area contributed by atoms with E-state index in [1.165, 1.54) is 63.0 Å². The molecule has 4 aromatic rings. The van der Waals surface area contributed by atoms with Crippen molar-refractivity contribution in [1.82, 2.24) is 19.7 Å². The molecule has 0 bridgehead atoms. The molecule has 1 aromatic carbocycles. The number of piperidine rings is 1. The summed E-state index contributed by atoms with van der Waals surface area (Å²) in [7, 11) is 0. The van der Waals surface area contributed by atoms with Gasteiger partial charge in [0.2, 0.25) is 0 Å². The number of pyridine rings is 1. The number of aromatic nitrogens is 3. The SMILES string of the molecule is Cl.Cl.Cl.Fc1ccc(OC2=C([AsH2])N(c3nc(CC4CCNCC4)ns3)CC(Sc3ccnc4ccsc34)=C2)cc1. The molecule has 214 valence electrons. The average Bonchev–Trinajstić information content (AvgIpc) is 3.58. The Morgan fingerprint density at radius 1 is 1.10 bits per heavy atom. The Hall–Kier alpha value is -1.36. The minimum absolute atomic E-state index is 0. The normalized spacial score (nSPS) is 15.7. The fraction of sp³-hybridized carbons (Fsp3) is 0.269. The van der Waals surface area contributed by atoms with Gasteiger partial charge in [0.05, 0.1) is 0 Å². The molecule has 2 aliphatic rings. The Morgan fingerprint density at radius 3 is 2.65 bits per heavy atom. The van der Waals surface area contributed by atoms with Crippen molar-refractivity contribution in [1.29, 1.82) is 0 Å². The van der Waals surface area contributed by atoms with E-state index in [0.717, 1.165) is 51.1 Å². The Kier molecular flexibility index (Phi) is 12.6. The summed E-state index contributed by atoms with van der Waals surface area (Å²) in [4.78, 5) is 13.9. The molecule has 1 saturated heterocycles. The van der Waals surface area contributed by atoms with Gasteiger partial charge in [-0.3, -0.25) is 0 Å². The number of allylic oxidation sites excluding steroid dienone is 1. The van der Waals surface area contributed by atoms with Gasteiger partial charge in [-0.05, 0) is 0 Å². The van der Waals surface area contributed by atoms with E-state index in [9.17, 15) is 4.39 Å². The van der Waals surface area contributed by atoms with E-state index >= 15 is 0 Å². The number of benzene rings is 1. The van der Waals surface area contributed by atoms with E-state index in [2.05, 4.69) is 32.7 Å². The van der Waals surface area contributed by atoms with Gasteiger partial charge >= 0.3 is 237 Å². The van der Waals surface area contributed by atoms with E-state index in [0.29, 0.717) is 18.2 Å². The van der Waals surface area contributed by atoms with Crippen LogP contribution in [0.2, 0.25) is 0 Å². The van der Waals surface area contributed by atoms with Gasteiger partial charge in [-0.15, -0.1) is 37.2 Å². The molecular formula is C26H28AsCl3FN5OS3. The maximum atomic E-state index is 13.5. The van der Waals surface area contributed by atoms with Gasteiger partial charge in [-0.1, -0.05) is 0 Å². The summed E-state index contributed by atoms with van der Waals surface area (Å²) in [6.07, 6.45) is 7.21. The second-order valence-corrected chi connectivity index (χ2v) is 12.9. The van der Waals surface area contributed by atoms with Crippen molar-refractivity contribution < 1.29 is 9.13 Å². The molecule has 2 aliphatic heterocycles. The molecule has 0 aliphatic carbocycles. The van der Waals surface area contributed by atoms with Crippen LogP contribution in [0.5, 0.6) is 5.75 Å². The zero-order valence-electron chi connectivity index (χ0n) is 21.1. The first-order valence-electron chi connectivity index (χ1n) is 12.1. The molecule has 6 rings (SSSR count). The van der Waals surface area contributed by atoms with Crippen LogP contribution in [0.3, 0.4) is 0 Å². The summed E-state index contributed by atoms with van der Waals surface area (Å²) in [5.41, 5.74) is 1.01. The van der Waals surface area contributed by atoms with Gasteiger partial charge in [0.15, 0.2) is 0 Å². The Bertz CT molecular complexity index is 1480. The van der Waals surface area contributed by atoms with E-state index < -0.39 is 0 Å². The van der Waals surface area contributed by atoms with E-state index in [1.807, 2.05) is 12.3 Å². The summed E-state index contributed by atoms with van der Waals surface area (Å²) in [6.45, 7) is 2.83. The Balaban J connectivity index is 0.00000147. The van der Waals surface area contributed by atoms with Crippen LogP contribution in [0.4, 0.5) is 9.52 Å². The molecule has 3 aromatic heterocycles. The summed E-state index contributed by atoms with van der Waals surface area (Å²) in [6, 6.07) is 10.3. The fourth-order valence-electron chi connectivity index (χ4n) is 4.44. The molecule has 0 radical (unpaired) electrons. The molecule has 1 atom stereocenters. The Morgan fingerprint density at radius 2 is 1.88 bits per heavy atom. The van der Waals surface area contributed by atoms with Crippen molar-refractivity contribution in [2.24, 2.45) is 5.92 Å². The van der Waals surface area contributed by atoms with Gasteiger partial charge in [-0.25, -0.2) is 0 Å². The minimum atomic E-state index is -0.285. The third kappa shape index (κ3) is 7.72. The molecule has 0 spiro atoms. The monoisotopic (exact) mass is 721 g/mol. The molecule has 14 heteroatoms. The van der Waals surface area contributed by atoms with Crippen molar-refractivity contribution in [3.05, 3.63) is 80.8 Å². The molecule has 40 heavy (non-hydrogen) atoms. The molecule has 1 fully saturated rings. The number of halogens is 4. The van der Waals surface area contributed by atoms with Gasteiger partial charge in [0, 0.05) is 0 Å². The number of hydrogen-bond acceptors (Lipinski definition) is 9. The molecule has 1 unspecified atom stereocenters. The molecule has 6 nitrogen and oxygen atoms in total. The van der Waals surface area contributed by atoms with Crippen LogP contribution in [0.1, 0.15) is 18.7 Å². The van der Waals surface area contributed by atoms with Crippen molar-refractivity contribution in [2.45, 2.75) is 24.2 Å². The molecule has 0 saturated carbocycles. The van der Waals surface area contributed by atoms with Crippen molar-refractivity contribution >= 4 is 104 Å². The quantitative estimate of drug-likeness (QED) is 0.220. The first-order chi connectivity index (χ1) is 18.1. The molecule has 5 heterocycles. The van der Waals surface area contributed by atoms with Gasteiger partial charge in [0.1, 0.15) is 0 Å². The van der Waals surface area contributed by atoms with E-state index in [4.69, 9.17) is 14.1 Å². The maximum absolute atomic E-state index is 13.5. The number of ether oxygens (including phenoxy) is 1. The molecule has 0 amide bonds. The summed E-state index contributed by atoms with van der Waals surface area (Å²) in [5, 5.41) is 6.38. The summed E-state index contributed by atoms with van der Waals surface area (Å²) in [5.74, 6) is 2.61. The van der Waals surface area contributed by atoms with Gasteiger partial charge < -0.3 is 0 Å². The second-order valence-electron chi connectivity index (χ2n) is 8.94. The molecular weight excluding hydrogens is 695 g/mol. The third-order valence-corrected chi connectivity index (χ3v) is 10.5. The first kappa shape index (κ1) is 33.1. The van der Waals surface area contributed by atoms with Crippen LogP contribution in [0, 0.1) is 11.7 Å². The first-order valence-corrected chi connectivity index (χ1v) is 15.7. The van der Waals surface area contributed by atoms with Crippen LogP contribution in [0.25, 0.3) is 10.2 Å². The fourth-order valence-corrected chi connectivity index (χ4v) is 8.09. The number of rotatable bonds is 7. The number of hydrogen-bond donors (Lipinski definition) is 1. The Labute approximate surface area is 272 Å². The zero-order valence-corrected chi connectivity index (χ0v) is 28.4. The second kappa shape index (κ2) is 15.2. The van der Waals surface area contributed by atoms with Crippen LogP contribution in [-0.4, -0.2) is 50.8 Å². The predicted molar refractivity (Wildman–Crippen MR) is 174 cm³/mol. The number of thiophene rings is 1. The van der Waals surface area contributed by atoms with Crippen LogP contribution >= 0.6 is 71.9 Å². The van der Waals surface area contributed by atoms with E-state index in [1.54, 1.807) is 35.2 Å². The standard InChI is InChI=1S/C26H25AsFN5OS3.3ClH/c27-25-21(34-18-3-1-17(28)2-4-18)14-19(36-22-7-11-30-20-8-12-35-24(20)22)15-33(25)26-31-23(32-37-26)13-16-5-9-29-10-6-16;;;/h1-4,7-8,11-12,14,16,29H,5-6,9-10,13,15,27H2;3*1H. The number of fused-ring (bicyclic) bond motifs is 1. The number of nitrogens with zero attached hydrogens (tertiary/aromatic N) is 4. The number of thioether (sulfide) groups is 1. The van der Waals surface area contributed by atoms with Crippen molar-refractivity contribution in [2.75, 3.05) is 24.5 Å². The van der Waals surface area contributed by atoms with Crippen LogP contribution < -0.4 is 15.0 Å². The summed E-state index contributed by atoms with van der Waals surface area (Å²) >= 11 is 6.33. The topological polar surface area (TPSA) is 63.2 Å². The molecule has 1 N–H and O–H groups in total. The van der Waals surface area contributed by atoms with Gasteiger partial charge in [-0.2, -0.15) is 0 Å². The summed E-state index contributed by atoms with van der Waals surface area (Å²) < 4.78 is 26.7. The van der Waals surface area contributed by atoms with Crippen LogP contribution in [-0.2, 0) is 6.42 Å². The number of anilines is 1. The zero-order chi connectivity index (χ0) is 25.2. The third-order valence-electron chi connectivity index (χ3n) is 6.36. The van der Waals surface area contributed by atoms with Crippen molar-refractivity contribution in [3.8, 4) is 5.75 Å². The van der Waals surface area contributed by atoms with Gasteiger partial charge in [0.25, 0.3) is 0 Å². The number of nitrogens with one attached hydrogen (secondary N) is 1. The predicted octanol–water partition coefficient (Wildman–Crippen LogP) is 6.47. The average molecular weight is 723 g/mol.